The Kier molecular flexibility index (Phi) is 5.76. The predicted octanol–water partition coefficient (Wildman–Crippen LogP) is 2.51. The van der Waals surface area contributed by atoms with Crippen LogP contribution in [0.1, 0.15) is 61.3 Å². The molecule has 10 nitrogen and oxygen atoms in total. The highest BCUT2D eigenvalue weighted by molar-refractivity contribution is 6.00. The van der Waals surface area contributed by atoms with Crippen LogP contribution in [0.5, 0.6) is 5.75 Å². The van der Waals surface area contributed by atoms with Crippen molar-refractivity contribution in [3.05, 3.63) is 100 Å². The van der Waals surface area contributed by atoms with Crippen LogP contribution in [0, 0.1) is 0 Å². The van der Waals surface area contributed by atoms with E-state index >= 15 is 0 Å². The molecule has 10 heteroatoms. The van der Waals surface area contributed by atoms with Gasteiger partial charge in [0.25, 0.3) is 11.8 Å². The molecule has 0 saturated heterocycles. The fourth-order valence-electron chi connectivity index (χ4n) is 4.78. The van der Waals surface area contributed by atoms with Crippen LogP contribution in [0.2, 0.25) is 0 Å². The number of nitrogens with one attached hydrogen (secondary N) is 3. The van der Waals surface area contributed by atoms with Crippen molar-refractivity contribution in [2.75, 3.05) is 6.61 Å². The van der Waals surface area contributed by atoms with Crippen molar-refractivity contribution in [1.29, 1.82) is 0 Å². The molecule has 3 N–H and O–H groups in total. The van der Waals surface area contributed by atoms with Crippen LogP contribution in [0.15, 0.2) is 66.2 Å². The minimum absolute atomic E-state index is 0.134. The van der Waals surface area contributed by atoms with Gasteiger partial charge in [-0.15, -0.1) is 0 Å². The number of hydrogen-bond acceptors (Lipinski definition) is 8. The number of amidine groups is 1. The number of nitrogens with zero attached hydrogens (tertiary/aromatic N) is 3. The number of carbonyl (C=O) groups excluding carboxylic acids is 2. The third-order valence-electron chi connectivity index (χ3n) is 6.64. The van der Waals surface area contributed by atoms with E-state index in [-0.39, 0.29) is 29.2 Å². The molecule has 3 aromatic rings. The standard InChI is InChI=1S/C27H24N6O4/c1-15-31-25(33-37-15)19-3-5-20-17(11-19)4-6-21(20)32-27(35)23-12-22(29-14-30-23)26(34)28-13-16-2-7-24-18(10-16)8-9-36-24/h2-3,5,7,10-12,14,21H,1,4,6,8-9,13H2,(H,28,34)(H,31,33)(H,32,35)/t21-/m0/s1. The highest BCUT2D eigenvalue weighted by atomic mass is 16.7. The zero-order valence-electron chi connectivity index (χ0n) is 19.9. The number of hydrogen-bond donors (Lipinski definition) is 3. The molecule has 1 aliphatic carbocycles. The Balaban J connectivity index is 1.10. The first kappa shape index (κ1) is 22.7. The number of carbonyl (C=O) groups is 2. The SMILES string of the molecule is C=C1N=C(c2ccc3c(c2)CC[C@@H]3NC(=O)c2cc(C(=O)NCc3ccc4c(c3)CCO4)ncn2)NO1. The molecule has 0 saturated carbocycles. The van der Waals surface area contributed by atoms with Gasteiger partial charge in [0.05, 0.1) is 12.6 Å². The monoisotopic (exact) mass is 496 g/mol. The summed E-state index contributed by atoms with van der Waals surface area (Å²) in [4.78, 5) is 43.2. The summed E-state index contributed by atoms with van der Waals surface area (Å²) in [6, 6.07) is 13.1. The van der Waals surface area contributed by atoms with Crippen LogP contribution in [-0.4, -0.2) is 34.2 Å². The molecule has 37 heavy (non-hydrogen) atoms. The highest BCUT2D eigenvalue weighted by Gasteiger charge is 2.26. The van der Waals surface area contributed by atoms with E-state index in [0.29, 0.717) is 24.9 Å². The van der Waals surface area contributed by atoms with Crippen LogP contribution in [0.4, 0.5) is 0 Å². The summed E-state index contributed by atoms with van der Waals surface area (Å²) in [5, 5.41) is 5.90. The maximum Gasteiger partial charge on any atom is 0.270 e. The van der Waals surface area contributed by atoms with Crippen LogP contribution >= 0.6 is 0 Å². The van der Waals surface area contributed by atoms with Gasteiger partial charge >= 0.3 is 0 Å². The van der Waals surface area contributed by atoms with Crippen LogP contribution in [0.3, 0.4) is 0 Å². The zero-order chi connectivity index (χ0) is 25.4. The molecular weight excluding hydrogens is 472 g/mol. The number of hydroxylamine groups is 1. The summed E-state index contributed by atoms with van der Waals surface area (Å²) in [5.41, 5.74) is 8.20. The third-order valence-corrected chi connectivity index (χ3v) is 6.64. The smallest absolute Gasteiger partial charge is 0.270 e. The van der Waals surface area contributed by atoms with Gasteiger partial charge in [0.1, 0.15) is 23.5 Å². The second-order valence-electron chi connectivity index (χ2n) is 9.05. The van der Waals surface area contributed by atoms with Gasteiger partial charge in [-0.1, -0.05) is 24.3 Å². The minimum atomic E-state index is -0.373. The molecule has 0 bridgehead atoms. The highest BCUT2D eigenvalue weighted by Crippen LogP contribution is 2.32. The number of aliphatic imine (C=N–C) groups is 1. The molecule has 3 aliphatic rings. The average molecular weight is 497 g/mol. The predicted molar refractivity (Wildman–Crippen MR) is 134 cm³/mol. The number of aromatic nitrogens is 2. The second-order valence-corrected chi connectivity index (χ2v) is 9.05. The molecule has 0 fully saturated rings. The molecule has 0 radical (unpaired) electrons. The van der Waals surface area contributed by atoms with Gasteiger partial charge in [-0.3, -0.25) is 9.59 Å². The zero-order valence-corrected chi connectivity index (χ0v) is 19.9. The Bertz CT molecular complexity index is 1470. The Morgan fingerprint density at radius 1 is 1.03 bits per heavy atom. The van der Waals surface area contributed by atoms with E-state index in [0.717, 1.165) is 52.8 Å². The fourth-order valence-corrected chi connectivity index (χ4v) is 4.78. The molecule has 0 spiro atoms. The summed E-state index contributed by atoms with van der Waals surface area (Å²) < 4.78 is 5.52. The maximum absolute atomic E-state index is 13.0. The van der Waals surface area contributed by atoms with Gasteiger partial charge in [0.15, 0.2) is 5.84 Å². The van der Waals surface area contributed by atoms with Crippen molar-refractivity contribution in [1.82, 2.24) is 26.1 Å². The molecular formula is C27H24N6O4. The summed E-state index contributed by atoms with van der Waals surface area (Å²) >= 11 is 0. The van der Waals surface area contributed by atoms with Gasteiger partial charge in [0.2, 0.25) is 5.88 Å². The molecule has 186 valence electrons. The van der Waals surface area contributed by atoms with Gasteiger partial charge in [-0.2, -0.15) is 4.99 Å². The summed E-state index contributed by atoms with van der Waals surface area (Å²) in [7, 11) is 0. The van der Waals surface area contributed by atoms with Gasteiger partial charge in [-0.25, -0.2) is 15.4 Å². The molecule has 1 atom stereocenters. The van der Waals surface area contributed by atoms with Crippen molar-refractivity contribution < 1.29 is 19.2 Å². The number of benzene rings is 2. The Hall–Kier alpha value is -4.73. The minimum Gasteiger partial charge on any atom is -0.493 e. The fraction of sp³-hybridized carbons (Fsp3) is 0.222. The first-order valence-corrected chi connectivity index (χ1v) is 12.0. The van der Waals surface area contributed by atoms with Crippen molar-refractivity contribution in [3.63, 3.8) is 0 Å². The lowest BCUT2D eigenvalue weighted by atomic mass is 10.0. The van der Waals surface area contributed by atoms with E-state index < -0.39 is 0 Å². The number of amides is 2. The molecule has 2 amide bonds. The molecule has 1 aromatic heterocycles. The Morgan fingerprint density at radius 2 is 1.89 bits per heavy atom. The van der Waals surface area contributed by atoms with Crippen LogP contribution in [0.25, 0.3) is 0 Å². The van der Waals surface area contributed by atoms with E-state index in [1.165, 1.54) is 12.4 Å². The molecule has 2 aliphatic heterocycles. The average Bonchev–Trinajstić information content (AvgIpc) is 3.67. The summed E-state index contributed by atoms with van der Waals surface area (Å²) in [6.45, 7) is 4.70. The lowest BCUT2D eigenvalue weighted by molar-refractivity contribution is 0.0931. The van der Waals surface area contributed by atoms with E-state index in [9.17, 15) is 9.59 Å². The van der Waals surface area contributed by atoms with E-state index in [4.69, 9.17) is 9.57 Å². The second kappa shape index (κ2) is 9.38. The number of aryl methyl sites for hydroxylation is 1. The normalized spacial score (nSPS) is 17.1. The first-order valence-electron chi connectivity index (χ1n) is 12.0. The molecule has 6 rings (SSSR count). The summed E-state index contributed by atoms with van der Waals surface area (Å²) in [6.07, 6.45) is 3.68. The third kappa shape index (κ3) is 4.61. The number of rotatable bonds is 6. The number of ether oxygens (including phenoxy) is 1. The van der Waals surface area contributed by atoms with E-state index in [2.05, 4.69) is 37.7 Å². The molecule has 0 unspecified atom stereocenters. The quantitative estimate of drug-likeness (QED) is 0.479. The van der Waals surface area contributed by atoms with Crippen molar-refractivity contribution in [3.8, 4) is 5.75 Å². The van der Waals surface area contributed by atoms with E-state index in [1.807, 2.05) is 36.4 Å². The summed E-state index contributed by atoms with van der Waals surface area (Å²) in [5.74, 6) is 1.09. The molecule has 2 aromatic carbocycles. The maximum atomic E-state index is 13.0. The molecule has 3 heterocycles. The van der Waals surface area contributed by atoms with Crippen molar-refractivity contribution in [2.45, 2.75) is 31.8 Å². The number of fused-ring (bicyclic) bond motifs is 2. The Morgan fingerprint density at radius 3 is 2.73 bits per heavy atom. The van der Waals surface area contributed by atoms with E-state index in [1.54, 1.807) is 0 Å². The lowest BCUT2D eigenvalue weighted by Gasteiger charge is -2.14. The Labute approximate surface area is 212 Å². The van der Waals surface area contributed by atoms with Crippen molar-refractivity contribution in [2.24, 2.45) is 4.99 Å². The van der Waals surface area contributed by atoms with Crippen molar-refractivity contribution >= 4 is 17.6 Å². The lowest BCUT2D eigenvalue weighted by Crippen LogP contribution is -2.29. The van der Waals surface area contributed by atoms with Gasteiger partial charge in [-0.05, 0) is 53.8 Å². The topological polar surface area (TPSA) is 127 Å². The van der Waals surface area contributed by atoms with Crippen LogP contribution < -0.4 is 20.9 Å². The van der Waals surface area contributed by atoms with Crippen LogP contribution in [-0.2, 0) is 24.2 Å². The van der Waals surface area contributed by atoms with Gasteiger partial charge < -0.3 is 20.2 Å². The first-order chi connectivity index (χ1) is 18.0. The van der Waals surface area contributed by atoms with Gasteiger partial charge in [0, 0.05) is 24.6 Å². The largest absolute Gasteiger partial charge is 0.493 e.